The minimum absolute atomic E-state index is 0.659. The Hall–Kier alpha value is -1.91. The summed E-state index contributed by atoms with van der Waals surface area (Å²) in [7, 11) is 0. The molecule has 0 unspecified atom stereocenters. The highest BCUT2D eigenvalue weighted by atomic mass is 15.1. The molecule has 0 amide bonds. The number of hydrogen-bond acceptors (Lipinski definition) is 4. The van der Waals surface area contributed by atoms with Crippen LogP contribution in [0.2, 0.25) is 0 Å². The monoisotopic (exact) mass is 245 g/mol. The van der Waals surface area contributed by atoms with Crippen molar-refractivity contribution in [1.82, 2.24) is 19.5 Å². The van der Waals surface area contributed by atoms with E-state index in [2.05, 4.69) is 38.7 Å². The van der Waals surface area contributed by atoms with Crippen molar-refractivity contribution in [2.24, 2.45) is 0 Å². The summed E-state index contributed by atoms with van der Waals surface area (Å²) < 4.78 is 2.07. The van der Waals surface area contributed by atoms with Crippen LogP contribution in [0.15, 0.2) is 12.4 Å². The fourth-order valence-corrected chi connectivity index (χ4v) is 1.83. The number of rotatable bonds is 4. The molecule has 0 saturated heterocycles. The molecule has 0 aliphatic rings. The first kappa shape index (κ1) is 12.5. The smallest absolute Gasteiger partial charge is 0.150 e. The van der Waals surface area contributed by atoms with Gasteiger partial charge in [-0.05, 0) is 27.7 Å². The van der Waals surface area contributed by atoms with Gasteiger partial charge in [-0.1, -0.05) is 0 Å². The molecule has 0 atom stereocenters. The van der Waals surface area contributed by atoms with E-state index in [1.165, 1.54) is 0 Å². The molecule has 0 aliphatic heterocycles. The second-order valence-corrected chi connectivity index (χ2v) is 4.38. The molecule has 0 spiro atoms. The van der Waals surface area contributed by atoms with Crippen LogP contribution in [0, 0.1) is 20.8 Å². The van der Waals surface area contributed by atoms with Gasteiger partial charge in [0.25, 0.3) is 0 Å². The molecule has 0 radical (unpaired) electrons. The molecule has 0 fully saturated rings. The topological polar surface area (TPSA) is 55.6 Å². The first-order valence-electron chi connectivity index (χ1n) is 6.17. The summed E-state index contributed by atoms with van der Waals surface area (Å²) >= 11 is 0. The van der Waals surface area contributed by atoms with E-state index in [-0.39, 0.29) is 0 Å². The van der Waals surface area contributed by atoms with Gasteiger partial charge in [0.1, 0.15) is 5.82 Å². The molecule has 0 saturated carbocycles. The zero-order valence-corrected chi connectivity index (χ0v) is 11.4. The molecule has 2 aromatic rings. The minimum atomic E-state index is 0.659. The number of anilines is 1. The Bertz CT molecular complexity index is 544. The fourth-order valence-electron chi connectivity index (χ4n) is 1.83. The van der Waals surface area contributed by atoms with Crippen LogP contribution in [0.1, 0.15) is 29.8 Å². The van der Waals surface area contributed by atoms with E-state index in [9.17, 15) is 0 Å². The van der Waals surface area contributed by atoms with E-state index in [0.717, 1.165) is 35.3 Å². The summed E-state index contributed by atoms with van der Waals surface area (Å²) in [6, 6.07) is 1.96. The van der Waals surface area contributed by atoms with Gasteiger partial charge in [0.05, 0.1) is 18.6 Å². The predicted octanol–water partition coefficient (Wildman–Crippen LogP) is 2.08. The number of aryl methyl sites for hydroxylation is 2. The van der Waals surface area contributed by atoms with E-state index in [1.807, 2.05) is 26.2 Å². The largest absolute Gasteiger partial charge is 0.370 e. The van der Waals surface area contributed by atoms with Crippen LogP contribution in [-0.4, -0.2) is 26.1 Å². The third-order valence-corrected chi connectivity index (χ3v) is 2.92. The molecule has 2 heterocycles. The van der Waals surface area contributed by atoms with E-state index < -0.39 is 0 Å². The number of imidazole rings is 1. The van der Waals surface area contributed by atoms with Crippen LogP contribution in [0.4, 0.5) is 5.82 Å². The number of nitrogens with one attached hydrogen (secondary N) is 1. The normalized spacial score (nSPS) is 10.7. The summed E-state index contributed by atoms with van der Waals surface area (Å²) in [6.45, 7) is 9.63. The van der Waals surface area contributed by atoms with Crippen molar-refractivity contribution in [2.75, 3.05) is 11.9 Å². The van der Waals surface area contributed by atoms with Gasteiger partial charge in [-0.25, -0.2) is 15.0 Å². The van der Waals surface area contributed by atoms with E-state index >= 15 is 0 Å². The lowest BCUT2D eigenvalue weighted by molar-refractivity contribution is 0.718. The molecule has 1 N–H and O–H groups in total. The SMILES string of the molecule is CCNc1cc(C)nc(Cn2cnc(C)c2C)n1. The van der Waals surface area contributed by atoms with Gasteiger partial charge in [0, 0.05) is 24.0 Å². The summed E-state index contributed by atoms with van der Waals surface area (Å²) in [5.74, 6) is 1.70. The first-order valence-corrected chi connectivity index (χ1v) is 6.17. The molecule has 2 aromatic heterocycles. The van der Waals surface area contributed by atoms with Crippen molar-refractivity contribution in [3.63, 3.8) is 0 Å². The molecule has 96 valence electrons. The summed E-state index contributed by atoms with van der Waals surface area (Å²) in [4.78, 5) is 13.2. The lowest BCUT2D eigenvalue weighted by Gasteiger charge is -2.08. The Morgan fingerprint density at radius 1 is 1.22 bits per heavy atom. The van der Waals surface area contributed by atoms with Crippen LogP contribution in [0.5, 0.6) is 0 Å². The van der Waals surface area contributed by atoms with Crippen LogP contribution < -0.4 is 5.32 Å². The average Bonchev–Trinajstić information content (AvgIpc) is 2.61. The van der Waals surface area contributed by atoms with Crippen molar-refractivity contribution in [3.05, 3.63) is 35.3 Å². The van der Waals surface area contributed by atoms with Crippen LogP contribution >= 0.6 is 0 Å². The Kier molecular flexibility index (Phi) is 3.60. The zero-order chi connectivity index (χ0) is 13.1. The molecule has 18 heavy (non-hydrogen) atoms. The van der Waals surface area contributed by atoms with Crippen LogP contribution in [-0.2, 0) is 6.54 Å². The third-order valence-electron chi connectivity index (χ3n) is 2.92. The van der Waals surface area contributed by atoms with Crippen molar-refractivity contribution in [3.8, 4) is 0 Å². The lowest BCUT2D eigenvalue weighted by Crippen LogP contribution is -2.09. The summed E-state index contributed by atoms with van der Waals surface area (Å²) in [5, 5.41) is 3.22. The Labute approximate surface area is 107 Å². The molecular formula is C13H19N5. The average molecular weight is 245 g/mol. The summed E-state index contributed by atoms with van der Waals surface area (Å²) in [6.07, 6.45) is 1.84. The maximum Gasteiger partial charge on any atom is 0.150 e. The highest BCUT2D eigenvalue weighted by Gasteiger charge is 2.06. The van der Waals surface area contributed by atoms with E-state index in [4.69, 9.17) is 0 Å². The van der Waals surface area contributed by atoms with Gasteiger partial charge in [0.15, 0.2) is 5.82 Å². The van der Waals surface area contributed by atoms with Gasteiger partial charge in [-0.3, -0.25) is 0 Å². The standard InChI is InChI=1S/C13H19N5/c1-5-14-12-6-9(2)16-13(17-12)7-18-8-15-10(3)11(18)4/h6,8H,5,7H2,1-4H3,(H,14,16,17). The van der Waals surface area contributed by atoms with Crippen molar-refractivity contribution in [2.45, 2.75) is 34.2 Å². The van der Waals surface area contributed by atoms with E-state index in [0.29, 0.717) is 6.54 Å². The van der Waals surface area contributed by atoms with Crippen LogP contribution in [0.3, 0.4) is 0 Å². The molecule has 5 nitrogen and oxygen atoms in total. The molecule has 0 aliphatic carbocycles. The maximum absolute atomic E-state index is 4.50. The number of aromatic nitrogens is 4. The fraction of sp³-hybridized carbons (Fsp3) is 0.462. The second-order valence-electron chi connectivity index (χ2n) is 4.38. The molecule has 0 bridgehead atoms. The Morgan fingerprint density at radius 3 is 2.61 bits per heavy atom. The molecule has 5 heteroatoms. The van der Waals surface area contributed by atoms with Crippen molar-refractivity contribution in [1.29, 1.82) is 0 Å². The predicted molar refractivity (Wildman–Crippen MR) is 71.7 cm³/mol. The number of nitrogens with zero attached hydrogens (tertiary/aromatic N) is 4. The Morgan fingerprint density at radius 2 is 2.00 bits per heavy atom. The molecule has 0 aromatic carbocycles. The van der Waals surface area contributed by atoms with Gasteiger partial charge < -0.3 is 9.88 Å². The molecule has 2 rings (SSSR count). The maximum atomic E-state index is 4.50. The van der Waals surface area contributed by atoms with Crippen molar-refractivity contribution < 1.29 is 0 Å². The zero-order valence-electron chi connectivity index (χ0n) is 11.4. The lowest BCUT2D eigenvalue weighted by atomic mass is 10.3. The van der Waals surface area contributed by atoms with Crippen molar-refractivity contribution >= 4 is 5.82 Å². The van der Waals surface area contributed by atoms with E-state index in [1.54, 1.807) is 0 Å². The highest BCUT2D eigenvalue weighted by molar-refractivity contribution is 5.35. The van der Waals surface area contributed by atoms with Gasteiger partial charge >= 0.3 is 0 Å². The quantitative estimate of drug-likeness (QED) is 0.896. The molecular weight excluding hydrogens is 226 g/mol. The second kappa shape index (κ2) is 5.16. The number of hydrogen-bond donors (Lipinski definition) is 1. The van der Waals surface area contributed by atoms with Crippen LogP contribution in [0.25, 0.3) is 0 Å². The van der Waals surface area contributed by atoms with Gasteiger partial charge in [0.2, 0.25) is 0 Å². The third kappa shape index (κ3) is 2.67. The minimum Gasteiger partial charge on any atom is -0.370 e. The van der Waals surface area contributed by atoms with Gasteiger partial charge in [-0.2, -0.15) is 0 Å². The summed E-state index contributed by atoms with van der Waals surface area (Å²) in [5.41, 5.74) is 3.19. The first-order chi connectivity index (χ1) is 8.60. The highest BCUT2D eigenvalue weighted by Crippen LogP contribution is 2.10. The van der Waals surface area contributed by atoms with Gasteiger partial charge in [-0.15, -0.1) is 0 Å². The Balaban J connectivity index is 2.26.